The molecule has 31 heavy (non-hydrogen) atoms. The third kappa shape index (κ3) is 5.06. The van der Waals surface area contributed by atoms with E-state index in [2.05, 4.69) is 17.2 Å². The molecular weight excluding hydrogens is 394 g/mol. The van der Waals surface area contributed by atoms with E-state index < -0.39 is 11.2 Å². The predicted octanol–water partition coefficient (Wildman–Crippen LogP) is 0.759. The largest absolute Gasteiger partial charge is 0.356 e. The van der Waals surface area contributed by atoms with Crippen LogP contribution in [0.5, 0.6) is 0 Å². The second-order valence-corrected chi connectivity index (χ2v) is 7.59. The van der Waals surface area contributed by atoms with Crippen molar-refractivity contribution >= 4 is 11.7 Å². The molecule has 1 amide bonds. The van der Waals surface area contributed by atoms with Gasteiger partial charge in [0.05, 0.1) is 13.1 Å². The number of piperidine rings is 1. The summed E-state index contributed by atoms with van der Waals surface area (Å²) in [5.41, 5.74) is 6.30. The first-order valence-electron chi connectivity index (χ1n) is 10.6. The van der Waals surface area contributed by atoms with Crippen LogP contribution in [0, 0.1) is 11.8 Å². The van der Waals surface area contributed by atoms with Gasteiger partial charge in [-0.25, -0.2) is 4.79 Å². The van der Waals surface area contributed by atoms with E-state index in [4.69, 9.17) is 5.73 Å². The van der Waals surface area contributed by atoms with Crippen molar-refractivity contribution in [2.75, 3.05) is 24.5 Å². The van der Waals surface area contributed by atoms with Gasteiger partial charge < -0.3 is 16.0 Å². The Kier molecular flexibility index (Phi) is 7.32. The highest BCUT2D eigenvalue weighted by Gasteiger charge is 2.22. The minimum absolute atomic E-state index is 0.000878. The standard InChI is InChI=1S/C23H29N5O3/c1-3-5-13-27-20(26-12-8-10-18(24)16-26)14-21(29)28(23(27)31)15-17-9-6-7-11-19(17)22(30)25-4-2/h6-7,9,11,14,18H,4,8,10,12-13,15-16,24H2,1-2H3,(H,25,30)/t18-/m1/s1. The van der Waals surface area contributed by atoms with Crippen molar-refractivity contribution in [3.8, 4) is 11.8 Å². The van der Waals surface area contributed by atoms with Crippen LogP contribution in [-0.2, 0) is 13.1 Å². The number of nitrogens with one attached hydrogen (secondary N) is 1. The number of hydrogen-bond acceptors (Lipinski definition) is 5. The van der Waals surface area contributed by atoms with Crippen LogP contribution >= 0.6 is 0 Å². The molecule has 8 heteroatoms. The lowest BCUT2D eigenvalue weighted by Crippen LogP contribution is -2.48. The third-order valence-corrected chi connectivity index (χ3v) is 5.38. The molecule has 8 nitrogen and oxygen atoms in total. The number of amides is 1. The van der Waals surface area contributed by atoms with Crippen LogP contribution in [0.4, 0.5) is 5.82 Å². The summed E-state index contributed by atoms with van der Waals surface area (Å²) in [7, 11) is 0. The molecule has 1 saturated heterocycles. The Bertz CT molecular complexity index is 1120. The Morgan fingerprint density at radius 1 is 1.26 bits per heavy atom. The second kappa shape index (κ2) is 10.1. The van der Waals surface area contributed by atoms with Gasteiger partial charge in [0.25, 0.3) is 11.5 Å². The molecule has 0 saturated carbocycles. The van der Waals surface area contributed by atoms with Crippen LogP contribution in [0.2, 0.25) is 0 Å². The molecule has 2 heterocycles. The minimum Gasteiger partial charge on any atom is -0.356 e. The Labute approximate surface area is 181 Å². The fourth-order valence-electron chi connectivity index (χ4n) is 3.84. The number of aromatic nitrogens is 2. The molecule has 1 aromatic carbocycles. The second-order valence-electron chi connectivity index (χ2n) is 7.59. The molecule has 164 valence electrons. The number of nitrogens with two attached hydrogens (primary N) is 1. The highest BCUT2D eigenvalue weighted by atomic mass is 16.2. The topological polar surface area (TPSA) is 102 Å². The van der Waals surface area contributed by atoms with Crippen LogP contribution in [0.25, 0.3) is 0 Å². The van der Waals surface area contributed by atoms with Crippen molar-refractivity contribution in [3.05, 3.63) is 62.3 Å². The predicted molar refractivity (Wildman–Crippen MR) is 121 cm³/mol. The zero-order valence-corrected chi connectivity index (χ0v) is 18.1. The average Bonchev–Trinajstić information content (AvgIpc) is 2.76. The quantitative estimate of drug-likeness (QED) is 0.668. The Morgan fingerprint density at radius 2 is 2.03 bits per heavy atom. The first-order chi connectivity index (χ1) is 15.0. The van der Waals surface area contributed by atoms with Gasteiger partial charge in [-0.3, -0.25) is 18.7 Å². The SMILES string of the molecule is CC#CCn1c(N2CCC[C@@H](N)C2)cc(=O)n(Cc2ccccc2C(=O)NCC)c1=O. The number of carbonyl (C=O) groups excluding carboxylic acids is 1. The Hall–Kier alpha value is -3.31. The van der Waals surface area contributed by atoms with Gasteiger partial charge in [-0.2, -0.15) is 0 Å². The van der Waals surface area contributed by atoms with Crippen molar-refractivity contribution in [1.29, 1.82) is 0 Å². The molecule has 3 N–H and O–H groups in total. The number of nitrogens with zero attached hydrogens (tertiary/aromatic N) is 3. The number of carbonyl (C=O) groups is 1. The molecule has 0 spiro atoms. The molecule has 1 atom stereocenters. The van der Waals surface area contributed by atoms with Gasteiger partial charge in [0.15, 0.2) is 0 Å². The lowest BCUT2D eigenvalue weighted by atomic mass is 10.1. The van der Waals surface area contributed by atoms with Crippen LogP contribution in [0.15, 0.2) is 39.9 Å². The summed E-state index contributed by atoms with van der Waals surface area (Å²) >= 11 is 0. The zero-order chi connectivity index (χ0) is 22.4. The average molecular weight is 424 g/mol. The molecule has 0 unspecified atom stereocenters. The van der Waals surface area contributed by atoms with Gasteiger partial charge in [0.2, 0.25) is 0 Å². The summed E-state index contributed by atoms with van der Waals surface area (Å²) in [5.74, 6) is 6.05. The molecule has 0 bridgehead atoms. The third-order valence-electron chi connectivity index (χ3n) is 5.38. The first kappa shape index (κ1) is 22.4. The van der Waals surface area contributed by atoms with E-state index in [0.29, 0.717) is 30.0 Å². The molecule has 2 aromatic rings. The molecule has 0 radical (unpaired) electrons. The minimum atomic E-state index is -0.449. The fourth-order valence-corrected chi connectivity index (χ4v) is 3.84. The number of anilines is 1. The molecule has 1 fully saturated rings. The fraction of sp³-hybridized carbons (Fsp3) is 0.435. The monoisotopic (exact) mass is 423 g/mol. The van der Waals surface area contributed by atoms with Crippen LogP contribution in [0.1, 0.15) is 42.6 Å². The van der Waals surface area contributed by atoms with E-state index in [1.165, 1.54) is 10.6 Å². The molecular formula is C23H29N5O3. The van der Waals surface area contributed by atoms with E-state index >= 15 is 0 Å². The van der Waals surface area contributed by atoms with Crippen LogP contribution in [-0.4, -0.2) is 40.7 Å². The molecule has 1 aromatic heterocycles. The highest BCUT2D eigenvalue weighted by Crippen LogP contribution is 2.17. The van der Waals surface area contributed by atoms with Crippen molar-refractivity contribution in [3.63, 3.8) is 0 Å². The summed E-state index contributed by atoms with van der Waals surface area (Å²) in [6.45, 7) is 5.53. The van der Waals surface area contributed by atoms with Gasteiger partial charge in [-0.1, -0.05) is 24.1 Å². The van der Waals surface area contributed by atoms with Gasteiger partial charge in [-0.05, 0) is 38.3 Å². The highest BCUT2D eigenvalue weighted by molar-refractivity contribution is 5.95. The van der Waals surface area contributed by atoms with Gasteiger partial charge in [-0.15, -0.1) is 5.92 Å². The summed E-state index contributed by atoms with van der Waals surface area (Å²) in [4.78, 5) is 40.7. The van der Waals surface area contributed by atoms with Gasteiger partial charge in [0.1, 0.15) is 5.82 Å². The maximum atomic E-state index is 13.4. The van der Waals surface area contributed by atoms with Crippen molar-refractivity contribution in [2.45, 2.75) is 45.8 Å². The zero-order valence-electron chi connectivity index (χ0n) is 18.1. The maximum Gasteiger partial charge on any atom is 0.333 e. The van der Waals surface area contributed by atoms with Gasteiger partial charge in [0, 0.05) is 37.3 Å². The van der Waals surface area contributed by atoms with Crippen LogP contribution < -0.4 is 27.2 Å². The van der Waals surface area contributed by atoms with E-state index in [1.54, 1.807) is 31.2 Å². The molecule has 3 rings (SSSR count). The molecule has 0 aliphatic carbocycles. The maximum absolute atomic E-state index is 13.4. The summed E-state index contributed by atoms with van der Waals surface area (Å²) in [6.07, 6.45) is 1.82. The normalized spacial score (nSPS) is 15.8. The molecule has 1 aliphatic rings. The number of rotatable bonds is 6. The van der Waals surface area contributed by atoms with Gasteiger partial charge >= 0.3 is 5.69 Å². The summed E-state index contributed by atoms with van der Waals surface area (Å²) in [5, 5.41) is 2.77. The van der Waals surface area contributed by atoms with Crippen LogP contribution in [0.3, 0.4) is 0 Å². The number of benzene rings is 1. The first-order valence-corrected chi connectivity index (χ1v) is 10.6. The van der Waals surface area contributed by atoms with E-state index in [9.17, 15) is 14.4 Å². The van der Waals surface area contributed by atoms with Crippen molar-refractivity contribution in [1.82, 2.24) is 14.5 Å². The Balaban J connectivity index is 2.07. The lowest BCUT2D eigenvalue weighted by Gasteiger charge is -2.33. The smallest absolute Gasteiger partial charge is 0.333 e. The molecule has 1 aliphatic heterocycles. The van der Waals surface area contributed by atoms with E-state index in [1.807, 2.05) is 11.8 Å². The van der Waals surface area contributed by atoms with E-state index in [-0.39, 0.29) is 25.0 Å². The number of hydrogen-bond donors (Lipinski definition) is 2. The van der Waals surface area contributed by atoms with Crippen molar-refractivity contribution in [2.24, 2.45) is 5.73 Å². The van der Waals surface area contributed by atoms with E-state index in [0.717, 1.165) is 24.0 Å². The Morgan fingerprint density at radius 3 is 2.74 bits per heavy atom. The lowest BCUT2D eigenvalue weighted by molar-refractivity contribution is 0.0954. The van der Waals surface area contributed by atoms with Crippen molar-refractivity contribution < 1.29 is 4.79 Å². The summed E-state index contributed by atoms with van der Waals surface area (Å²) < 4.78 is 2.67. The summed E-state index contributed by atoms with van der Waals surface area (Å²) in [6, 6.07) is 8.47.